The maximum atomic E-state index is 13.1. The molecule has 1 aliphatic heterocycles. The smallest absolute Gasteiger partial charge is 0.243 e. The summed E-state index contributed by atoms with van der Waals surface area (Å²) < 4.78 is 35.4. The zero-order valence-corrected chi connectivity index (χ0v) is 18.0. The van der Waals surface area contributed by atoms with Crippen LogP contribution >= 0.6 is 0 Å². The van der Waals surface area contributed by atoms with Gasteiger partial charge >= 0.3 is 0 Å². The number of benzene rings is 2. The fourth-order valence-electron chi connectivity index (χ4n) is 4.14. The molecule has 1 atom stereocenters. The molecule has 0 bridgehead atoms. The van der Waals surface area contributed by atoms with Crippen LogP contribution in [0.1, 0.15) is 31.7 Å². The molecule has 0 saturated carbocycles. The molecule has 0 radical (unpaired) electrons. The number of para-hydroxylation sites is 1. The van der Waals surface area contributed by atoms with Gasteiger partial charge in [0.1, 0.15) is 12.0 Å². The number of sulfonamides is 1. The van der Waals surface area contributed by atoms with E-state index < -0.39 is 10.0 Å². The third-order valence-electron chi connectivity index (χ3n) is 5.51. The van der Waals surface area contributed by atoms with Crippen molar-refractivity contribution in [3.05, 3.63) is 60.3 Å². The van der Waals surface area contributed by atoms with E-state index in [9.17, 15) is 13.2 Å². The van der Waals surface area contributed by atoms with Gasteiger partial charge in [-0.2, -0.15) is 4.31 Å². The standard InChI is InChI=1S/C23H26N2O4S/c1-17(2)29-19-7-9-20(10-8-19)30(27,28)25-12-11-18(15-25)22-16-24(13-14-26)23-6-4-3-5-21(22)23/h3-10,14,16-18H,11-13,15H2,1-2H3. The number of ether oxygens (including phenoxy) is 1. The third-order valence-corrected chi connectivity index (χ3v) is 7.39. The average molecular weight is 427 g/mol. The van der Waals surface area contributed by atoms with E-state index in [0.29, 0.717) is 25.4 Å². The summed E-state index contributed by atoms with van der Waals surface area (Å²) in [6.07, 6.45) is 3.67. The normalized spacial score (nSPS) is 17.6. The first kappa shape index (κ1) is 20.6. The molecule has 4 rings (SSSR count). The number of aromatic nitrogens is 1. The number of hydrogen-bond donors (Lipinski definition) is 0. The van der Waals surface area contributed by atoms with Crippen LogP contribution in [0.15, 0.2) is 59.6 Å². The van der Waals surface area contributed by atoms with Gasteiger partial charge in [0.05, 0.1) is 17.5 Å². The summed E-state index contributed by atoms with van der Waals surface area (Å²) in [6.45, 7) is 5.06. The van der Waals surface area contributed by atoms with E-state index in [-0.39, 0.29) is 16.9 Å². The van der Waals surface area contributed by atoms with Crippen LogP contribution < -0.4 is 4.74 Å². The second-order valence-electron chi connectivity index (χ2n) is 7.91. The largest absolute Gasteiger partial charge is 0.491 e. The van der Waals surface area contributed by atoms with Gasteiger partial charge in [-0.25, -0.2) is 8.42 Å². The molecule has 30 heavy (non-hydrogen) atoms. The van der Waals surface area contributed by atoms with E-state index in [4.69, 9.17) is 4.74 Å². The minimum atomic E-state index is -3.57. The monoisotopic (exact) mass is 426 g/mol. The van der Waals surface area contributed by atoms with Crippen molar-refractivity contribution in [2.75, 3.05) is 13.1 Å². The van der Waals surface area contributed by atoms with Crippen molar-refractivity contribution in [1.82, 2.24) is 8.87 Å². The zero-order chi connectivity index (χ0) is 21.3. The van der Waals surface area contributed by atoms with Crippen LogP contribution in [0.25, 0.3) is 10.9 Å². The SMILES string of the molecule is CC(C)Oc1ccc(S(=O)(=O)N2CCC(c3cn(CC=O)c4ccccc34)C2)cc1. The van der Waals surface area contributed by atoms with Crippen molar-refractivity contribution in [1.29, 1.82) is 0 Å². The molecule has 0 N–H and O–H groups in total. The van der Waals surface area contributed by atoms with Crippen LogP contribution in [0.5, 0.6) is 5.75 Å². The molecule has 3 aromatic rings. The summed E-state index contributed by atoms with van der Waals surface area (Å²) in [5.41, 5.74) is 2.10. The van der Waals surface area contributed by atoms with Crippen molar-refractivity contribution < 1.29 is 17.9 Å². The van der Waals surface area contributed by atoms with Gasteiger partial charge in [-0.1, -0.05) is 18.2 Å². The summed E-state index contributed by atoms with van der Waals surface area (Å²) in [4.78, 5) is 11.3. The number of rotatable bonds is 7. The minimum Gasteiger partial charge on any atom is -0.491 e. The van der Waals surface area contributed by atoms with E-state index in [1.807, 2.05) is 48.9 Å². The van der Waals surface area contributed by atoms with Crippen molar-refractivity contribution in [3.63, 3.8) is 0 Å². The molecule has 0 amide bonds. The summed E-state index contributed by atoms with van der Waals surface area (Å²) in [7, 11) is -3.57. The Balaban J connectivity index is 1.57. The third kappa shape index (κ3) is 3.87. The summed E-state index contributed by atoms with van der Waals surface area (Å²) in [6, 6.07) is 14.6. The molecule has 1 unspecified atom stereocenters. The van der Waals surface area contributed by atoms with Gasteiger partial charge in [0, 0.05) is 36.1 Å². The van der Waals surface area contributed by atoms with E-state index in [2.05, 4.69) is 0 Å². The lowest BCUT2D eigenvalue weighted by atomic mass is 9.98. The molecule has 0 aliphatic carbocycles. The Morgan fingerprint density at radius 2 is 1.87 bits per heavy atom. The van der Waals surface area contributed by atoms with Gasteiger partial charge in [-0.3, -0.25) is 0 Å². The lowest BCUT2D eigenvalue weighted by molar-refractivity contribution is -0.108. The van der Waals surface area contributed by atoms with Crippen molar-refractivity contribution in [3.8, 4) is 5.75 Å². The fraction of sp³-hybridized carbons (Fsp3) is 0.348. The average Bonchev–Trinajstić information content (AvgIpc) is 3.34. The van der Waals surface area contributed by atoms with Crippen molar-refractivity contribution in [2.24, 2.45) is 0 Å². The molecular weight excluding hydrogens is 400 g/mol. The Bertz CT molecular complexity index is 1150. The quantitative estimate of drug-likeness (QED) is 0.539. The van der Waals surface area contributed by atoms with Gasteiger partial charge in [-0.15, -0.1) is 0 Å². The molecule has 1 aromatic heterocycles. The Hall–Kier alpha value is -2.64. The van der Waals surface area contributed by atoms with Crippen molar-refractivity contribution in [2.45, 2.75) is 43.7 Å². The maximum absolute atomic E-state index is 13.1. The highest BCUT2D eigenvalue weighted by molar-refractivity contribution is 7.89. The highest BCUT2D eigenvalue weighted by atomic mass is 32.2. The lowest BCUT2D eigenvalue weighted by Gasteiger charge is -2.17. The van der Waals surface area contributed by atoms with Crippen LogP contribution in [0.3, 0.4) is 0 Å². The number of nitrogens with zero attached hydrogens (tertiary/aromatic N) is 2. The number of carbonyl (C=O) groups is 1. The molecule has 6 nitrogen and oxygen atoms in total. The first-order valence-electron chi connectivity index (χ1n) is 10.2. The first-order chi connectivity index (χ1) is 14.4. The predicted molar refractivity (Wildman–Crippen MR) is 116 cm³/mol. The summed E-state index contributed by atoms with van der Waals surface area (Å²) in [5.74, 6) is 0.757. The Kier molecular flexibility index (Phi) is 5.66. The molecule has 158 valence electrons. The minimum absolute atomic E-state index is 0.0353. The lowest BCUT2D eigenvalue weighted by Crippen LogP contribution is -2.28. The Morgan fingerprint density at radius 1 is 1.13 bits per heavy atom. The second kappa shape index (κ2) is 8.24. The van der Waals surface area contributed by atoms with E-state index in [1.165, 1.54) is 0 Å². The Morgan fingerprint density at radius 3 is 2.57 bits per heavy atom. The van der Waals surface area contributed by atoms with E-state index in [0.717, 1.165) is 29.2 Å². The van der Waals surface area contributed by atoms with E-state index in [1.54, 1.807) is 28.6 Å². The van der Waals surface area contributed by atoms with Crippen LogP contribution in [-0.4, -0.2) is 42.8 Å². The van der Waals surface area contributed by atoms with Gasteiger partial charge < -0.3 is 14.1 Å². The van der Waals surface area contributed by atoms with Crippen LogP contribution in [0, 0.1) is 0 Å². The highest BCUT2D eigenvalue weighted by Crippen LogP contribution is 2.36. The number of aldehydes is 1. The number of fused-ring (bicyclic) bond motifs is 1. The van der Waals surface area contributed by atoms with Crippen LogP contribution in [0.2, 0.25) is 0 Å². The van der Waals surface area contributed by atoms with Gasteiger partial charge in [0.15, 0.2) is 0 Å². The van der Waals surface area contributed by atoms with Crippen LogP contribution in [0.4, 0.5) is 0 Å². The highest BCUT2D eigenvalue weighted by Gasteiger charge is 2.34. The topological polar surface area (TPSA) is 68.6 Å². The molecule has 1 aliphatic rings. The molecule has 2 aromatic carbocycles. The number of hydrogen-bond acceptors (Lipinski definition) is 4. The second-order valence-corrected chi connectivity index (χ2v) is 9.85. The van der Waals surface area contributed by atoms with Crippen molar-refractivity contribution >= 4 is 27.2 Å². The zero-order valence-electron chi connectivity index (χ0n) is 17.2. The molecular formula is C23H26N2O4S. The van der Waals surface area contributed by atoms with Gasteiger partial charge in [-0.05, 0) is 56.2 Å². The van der Waals surface area contributed by atoms with Crippen LogP contribution in [-0.2, 0) is 21.4 Å². The molecule has 2 heterocycles. The van der Waals surface area contributed by atoms with Gasteiger partial charge in [0.2, 0.25) is 10.0 Å². The predicted octanol–water partition coefficient (Wildman–Crippen LogP) is 3.81. The fourth-order valence-corrected chi connectivity index (χ4v) is 5.64. The van der Waals surface area contributed by atoms with Gasteiger partial charge in [0.25, 0.3) is 0 Å². The first-order valence-corrected chi connectivity index (χ1v) is 11.6. The summed E-state index contributed by atoms with van der Waals surface area (Å²) >= 11 is 0. The molecule has 7 heteroatoms. The summed E-state index contributed by atoms with van der Waals surface area (Å²) in [5, 5.41) is 1.08. The van der Waals surface area contributed by atoms with E-state index >= 15 is 0 Å². The number of carbonyl (C=O) groups excluding carboxylic acids is 1. The molecule has 1 fully saturated rings. The maximum Gasteiger partial charge on any atom is 0.243 e. The molecule has 1 saturated heterocycles. The Labute approximate surface area is 177 Å². The molecule has 0 spiro atoms.